The molecule has 3 rings (SSSR count). The van der Waals surface area contributed by atoms with Crippen LogP contribution in [0.1, 0.15) is 24.4 Å². The van der Waals surface area contributed by atoms with E-state index in [1.807, 2.05) is 18.7 Å². The van der Waals surface area contributed by atoms with Gasteiger partial charge in [-0.05, 0) is 39.3 Å². The lowest BCUT2D eigenvalue weighted by Gasteiger charge is -2.30. The Morgan fingerprint density at radius 2 is 2.15 bits per heavy atom. The van der Waals surface area contributed by atoms with E-state index in [9.17, 15) is 0 Å². The van der Waals surface area contributed by atoms with E-state index in [4.69, 9.17) is 11.6 Å². The van der Waals surface area contributed by atoms with Crippen molar-refractivity contribution in [1.82, 2.24) is 24.2 Å². The van der Waals surface area contributed by atoms with Crippen LogP contribution in [-0.4, -0.2) is 44.4 Å². The van der Waals surface area contributed by atoms with Crippen LogP contribution >= 0.6 is 11.6 Å². The molecule has 1 aliphatic heterocycles. The lowest BCUT2D eigenvalue weighted by Crippen LogP contribution is -2.34. The Morgan fingerprint density at radius 3 is 2.85 bits per heavy atom. The Morgan fingerprint density at radius 1 is 1.35 bits per heavy atom. The summed E-state index contributed by atoms with van der Waals surface area (Å²) in [5, 5.41) is 4.47. The summed E-state index contributed by atoms with van der Waals surface area (Å²) in [6, 6.07) is 0. The molecule has 0 aromatic carbocycles. The van der Waals surface area contributed by atoms with Crippen LogP contribution in [0.2, 0.25) is 0 Å². The first-order chi connectivity index (χ1) is 9.60. The lowest BCUT2D eigenvalue weighted by molar-refractivity contribution is 0.194. The molecule has 0 saturated carbocycles. The van der Waals surface area contributed by atoms with Gasteiger partial charge in [0.05, 0.1) is 11.6 Å². The number of aryl methyl sites for hydroxylation is 2. The van der Waals surface area contributed by atoms with Gasteiger partial charge in [0.15, 0.2) is 5.65 Å². The van der Waals surface area contributed by atoms with Crippen LogP contribution in [0.4, 0.5) is 0 Å². The van der Waals surface area contributed by atoms with E-state index >= 15 is 0 Å². The number of alkyl halides is 1. The number of hydrogen-bond acceptors (Lipinski definition) is 3. The number of likely N-dealkylation sites (tertiary alicyclic amines) is 1. The molecule has 0 N–H and O–H groups in total. The maximum absolute atomic E-state index is 6.09. The fourth-order valence-electron chi connectivity index (χ4n) is 3.35. The van der Waals surface area contributed by atoms with Gasteiger partial charge in [0.25, 0.3) is 0 Å². The molecule has 0 radical (unpaired) electrons. The fourth-order valence-corrected chi connectivity index (χ4v) is 3.56. The van der Waals surface area contributed by atoms with Crippen molar-refractivity contribution in [3.05, 3.63) is 11.5 Å². The minimum Gasteiger partial charge on any atom is -0.312 e. The van der Waals surface area contributed by atoms with Crippen molar-refractivity contribution in [2.24, 2.45) is 13.0 Å². The largest absolute Gasteiger partial charge is 0.312 e. The third kappa shape index (κ3) is 2.33. The van der Waals surface area contributed by atoms with Crippen LogP contribution in [0.15, 0.2) is 0 Å². The molecule has 0 spiro atoms. The van der Waals surface area contributed by atoms with E-state index in [2.05, 4.69) is 26.6 Å². The van der Waals surface area contributed by atoms with Crippen molar-refractivity contribution in [3.8, 4) is 0 Å². The van der Waals surface area contributed by atoms with Crippen LogP contribution < -0.4 is 0 Å². The zero-order valence-corrected chi connectivity index (χ0v) is 13.2. The zero-order chi connectivity index (χ0) is 14.3. The van der Waals surface area contributed by atoms with Gasteiger partial charge in [-0.25, -0.2) is 4.98 Å². The molecule has 0 aliphatic carbocycles. The van der Waals surface area contributed by atoms with Crippen molar-refractivity contribution in [3.63, 3.8) is 0 Å². The van der Waals surface area contributed by atoms with E-state index in [1.165, 1.54) is 19.4 Å². The standard InChI is InChI=1S/C14H22ClN5/c1-10-13-14(19(3)17-10)20(12(7-15)16-13)9-11-5-4-6-18(2)8-11/h11H,4-9H2,1-3H3. The monoisotopic (exact) mass is 295 g/mol. The number of halogens is 1. The third-order valence-electron chi connectivity index (χ3n) is 4.25. The normalized spacial score (nSPS) is 20.9. The maximum atomic E-state index is 6.09. The van der Waals surface area contributed by atoms with Gasteiger partial charge in [0, 0.05) is 20.1 Å². The van der Waals surface area contributed by atoms with Crippen molar-refractivity contribution in [2.75, 3.05) is 20.1 Å². The lowest BCUT2D eigenvalue weighted by atomic mass is 9.98. The second kappa shape index (κ2) is 5.37. The summed E-state index contributed by atoms with van der Waals surface area (Å²) in [5.74, 6) is 2.09. The molecule has 1 aliphatic rings. The van der Waals surface area contributed by atoms with Gasteiger partial charge in [0.2, 0.25) is 0 Å². The molecule has 1 saturated heterocycles. The molecule has 5 nitrogen and oxygen atoms in total. The van der Waals surface area contributed by atoms with Crippen LogP contribution in [0.3, 0.4) is 0 Å². The third-order valence-corrected chi connectivity index (χ3v) is 4.49. The number of piperidine rings is 1. The van der Waals surface area contributed by atoms with E-state index in [-0.39, 0.29) is 0 Å². The highest BCUT2D eigenvalue weighted by Gasteiger charge is 2.22. The predicted octanol–water partition coefficient (Wildman–Crippen LogP) is 2.16. The van der Waals surface area contributed by atoms with E-state index in [1.54, 1.807) is 0 Å². The van der Waals surface area contributed by atoms with E-state index in [0.717, 1.165) is 35.8 Å². The van der Waals surface area contributed by atoms with Crippen LogP contribution in [-0.2, 0) is 19.5 Å². The van der Waals surface area contributed by atoms with Gasteiger partial charge in [0.1, 0.15) is 11.3 Å². The Hall–Kier alpha value is -1.07. The highest BCUT2D eigenvalue weighted by Crippen LogP contribution is 2.24. The molecule has 1 fully saturated rings. The molecule has 0 amide bonds. The second-order valence-corrected chi connectivity index (χ2v) is 6.19. The van der Waals surface area contributed by atoms with Gasteiger partial charge in [-0.1, -0.05) is 0 Å². The number of nitrogens with zero attached hydrogens (tertiary/aromatic N) is 5. The van der Waals surface area contributed by atoms with Crippen molar-refractivity contribution in [1.29, 1.82) is 0 Å². The molecule has 110 valence electrons. The summed E-state index contributed by atoms with van der Waals surface area (Å²) in [6.45, 7) is 5.36. The minimum atomic E-state index is 0.455. The van der Waals surface area contributed by atoms with Gasteiger partial charge in [-0.3, -0.25) is 4.68 Å². The van der Waals surface area contributed by atoms with Crippen LogP contribution in [0, 0.1) is 12.8 Å². The summed E-state index contributed by atoms with van der Waals surface area (Å²) in [5.41, 5.74) is 3.08. The Kier molecular flexibility index (Phi) is 3.73. The number of fused-ring (bicyclic) bond motifs is 1. The molecule has 0 bridgehead atoms. The first kappa shape index (κ1) is 13.9. The van der Waals surface area contributed by atoms with Gasteiger partial charge in [-0.15, -0.1) is 11.6 Å². The second-order valence-electron chi connectivity index (χ2n) is 5.92. The van der Waals surface area contributed by atoms with Crippen LogP contribution in [0.5, 0.6) is 0 Å². The molecular weight excluding hydrogens is 274 g/mol. The number of hydrogen-bond donors (Lipinski definition) is 0. The SMILES string of the molecule is Cc1nn(C)c2c1nc(CCl)n2CC1CCCN(C)C1. The van der Waals surface area contributed by atoms with E-state index < -0.39 is 0 Å². The first-order valence-corrected chi connectivity index (χ1v) is 7.76. The smallest absolute Gasteiger partial charge is 0.158 e. The zero-order valence-electron chi connectivity index (χ0n) is 12.4. The number of rotatable bonds is 3. The summed E-state index contributed by atoms with van der Waals surface area (Å²) in [4.78, 5) is 7.08. The first-order valence-electron chi connectivity index (χ1n) is 7.23. The van der Waals surface area contributed by atoms with Crippen LogP contribution in [0.25, 0.3) is 11.2 Å². The summed E-state index contributed by atoms with van der Waals surface area (Å²) < 4.78 is 4.20. The molecule has 2 aromatic heterocycles. The van der Waals surface area contributed by atoms with Crippen molar-refractivity contribution in [2.45, 2.75) is 32.2 Å². The Bertz CT molecular complexity index is 615. The quantitative estimate of drug-likeness (QED) is 0.815. The van der Waals surface area contributed by atoms with Crippen molar-refractivity contribution < 1.29 is 0 Å². The molecule has 6 heteroatoms. The topological polar surface area (TPSA) is 38.9 Å². The Labute approximate surface area is 124 Å². The van der Waals surface area contributed by atoms with Gasteiger partial charge >= 0.3 is 0 Å². The maximum Gasteiger partial charge on any atom is 0.158 e. The Balaban J connectivity index is 1.96. The highest BCUT2D eigenvalue weighted by molar-refractivity contribution is 6.16. The summed E-state index contributed by atoms with van der Waals surface area (Å²) in [7, 11) is 4.19. The van der Waals surface area contributed by atoms with Crippen molar-refractivity contribution >= 4 is 22.8 Å². The number of imidazole rings is 1. The highest BCUT2D eigenvalue weighted by atomic mass is 35.5. The summed E-state index contributed by atoms with van der Waals surface area (Å²) >= 11 is 6.09. The molecule has 1 unspecified atom stereocenters. The molecule has 1 atom stereocenters. The average molecular weight is 296 g/mol. The fraction of sp³-hybridized carbons (Fsp3) is 0.714. The van der Waals surface area contributed by atoms with E-state index in [0.29, 0.717) is 11.8 Å². The minimum absolute atomic E-state index is 0.455. The van der Waals surface area contributed by atoms with Gasteiger partial charge < -0.3 is 9.47 Å². The molecule has 20 heavy (non-hydrogen) atoms. The molecule has 3 heterocycles. The average Bonchev–Trinajstić information content (AvgIpc) is 2.89. The van der Waals surface area contributed by atoms with Gasteiger partial charge in [-0.2, -0.15) is 5.10 Å². The predicted molar refractivity (Wildman–Crippen MR) is 81.0 cm³/mol. The number of aromatic nitrogens is 4. The summed E-state index contributed by atoms with van der Waals surface area (Å²) in [6.07, 6.45) is 2.56. The molecule has 2 aromatic rings. The molecular formula is C14H22ClN5.